The molecule has 174 valence electrons. The first-order valence-corrected chi connectivity index (χ1v) is 12.1. The minimum atomic E-state index is -4.12. The molecule has 0 saturated heterocycles. The summed E-state index contributed by atoms with van der Waals surface area (Å²) in [4.78, 5) is 25.7. The number of hydrogen-bond acceptors (Lipinski definition) is 7. The number of rotatable bonds is 7. The molecule has 0 aliphatic carbocycles. The lowest BCUT2D eigenvalue weighted by atomic mass is 10.1. The molecule has 0 saturated carbocycles. The van der Waals surface area contributed by atoms with Gasteiger partial charge >= 0.3 is 5.69 Å². The van der Waals surface area contributed by atoms with Gasteiger partial charge in [0.25, 0.3) is 14.9 Å². The van der Waals surface area contributed by atoms with Crippen LogP contribution in [0.5, 0.6) is 0 Å². The third-order valence-corrected chi connectivity index (χ3v) is 6.69. The molecule has 4 aromatic carbocycles. The third-order valence-electron chi connectivity index (χ3n) is 5.35. The Labute approximate surface area is 201 Å². The Morgan fingerprint density at radius 1 is 0.800 bits per heavy atom. The molecule has 0 amide bonds. The summed E-state index contributed by atoms with van der Waals surface area (Å²) < 4.78 is 29.0. The number of anilines is 3. The van der Waals surface area contributed by atoms with E-state index in [9.17, 15) is 13.3 Å². The van der Waals surface area contributed by atoms with Gasteiger partial charge in [-0.3, -0.25) is 4.72 Å². The summed E-state index contributed by atoms with van der Waals surface area (Å²) >= 11 is 0. The summed E-state index contributed by atoms with van der Waals surface area (Å²) in [6.45, 7) is 0. The van der Waals surface area contributed by atoms with E-state index in [1.807, 2.05) is 48.5 Å². The summed E-state index contributed by atoms with van der Waals surface area (Å²) in [6, 6.07) is 26.3. The van der Waals surface area contributed by atoms with E-state index in [4.69, 9.17) is 0 Å². The molecule has 0 aliphatic rings. The quantitative estimate of drug-likeness (QED) is 0.300. The molecule has 0 fully saturated rings. The smallest absolute Gasteiger partial charge is 0.318 e. The second-order valence-electron chi connectivity index (χ2n) is 7.60. The Morgan fingerprint density at radius 2 is 1.46 bits per heavy atom. The zero-order valence-electron chi connectivity index (χ0n) is 18.5. The molecule has 2 N–H and O–H groups in total. The van der Waals surface area contributed by atoms with Crippen LogP contribution in [-0.2, 0) is 14.9 Å². The van der Waals surface area contributed by atoms with Gasteiger partial charge in [0.1, 0.15) is 0 Å². The zero-order chi connectivity index (χ0) is 24.4. The average Bonchev–Trinajstić information content (AvgIpc) is 2.88. The van der Waals surface area contributed by atoms with Crippen LogP contribution in [0.3, 0.4) is 0 Å². The largest absolute Gasteiger partial charge is 0.337 e. The number of aromatic nitrogens is 2. The predicted molar refractivity (Wildman–Crippen MR) is 134 cm³/mol. The molecule has 1 aromatic heterocycles. The van der Waals surface area contributed by atoms with Crippen molar-refractivity contribution in [2.75, 3.05) is 17.1 Å². The van der Waals surface area contributed by atoms with Gasteiger partial charge in [-0.15, -0.1) is 0 Å². The van der Waals surface area contributed by atoms with Gasteiger partial charge in [-0.25, -0.2) is 23.2 Å². The molecule has 1 heterocycles. The fraction of sp³-hybridized carbons (Fsp3) is 0.0400. The van der Waals surface area contributed by atoms with Crippen LogP contribution >= 0.6 is 0 Å². The van der Waals surface area contributed by atoms with Gasteiger partial charge < -0.3 is 5.32 Å². The fourth-order valence-electron chi connectivity index (χ4n) is 3.68. The van der Waals surface area contributed by atoms with Gasteiger partial charge in [0.05, 0.1) is 20.8 Å². The first kappa shape index (κ1) is 22.2. The Hall–Kier alpha value is -4.57. The van der Waals surface area contributed by atoms with Gasteiger partial charge in [-0.05, 0) is 29.7 Å². The van der Waals surface area contributed by atoms with E-state index in [1.54, 1.807) is 18.2 Å². The SMILES string of the molecule is CO[N+](=O)c1cccc(S(=O)(=O)Nc2nc3ccccc3nc2Nc2cccc3ccccc23)c1. The first-order chi connectivity index (χ1) is 16.9. The minimum absolute atomic E-state index is 0.0211. The minimum Gasteiger partial charge on any atom is -0.337 e. The van der Waals surface area contributed by atoms with Crippen LogP contribution in [0.15, 0.2) is 95.9 Å². The van der Waals surface area contributed by atoms with Crippen LogP contribution in [0, 0.1) is 4.91 Å². The zero-order valence-corrected chi connectivity index (χ0v) is 19.4. The van der Waals surface area contributed by atoms with Crippen molar-refractivity contribution in [1.82, 2.24) is 9.97 Å². The number of sulfonamides is 1. The van der Waals surface area contributed by atoms with Crippen molar-refractivity contribution >= 4 is 54.8 Å². The molecule has 35 heavy (non-hydrogen) atoms. The molecule has 0 radical (unpaired) electrons. The van der Waals surface area contributed by atoms with Crippen LogP contribution in [0.2, 0.25) is 0 Å². The van der Waals surface area contributed by atoms with Crippen molar-refractivity contribution < 1.29 is 18.2 Å². The van der Waals surface area contributed by atoms with Gasteiger partial charge in [-0.1, -0.05) is 54.6 Å². The fourth-order valence-corrected chi connectivity index (χ4v) is 4.72. The number of nitrogens with zero attached hydrogens (tertiary/aromatic N) is 3. The monoisotopic (exact) mass is 486 g/mol. The summed E-state index contributed by atoms with van der Waals surface area (Å²) in [5.74, 6) is 0.259. The van der Waals surface area contributed by atoms with E-state index in [1.165, 1.54) is 31.4 Å². The van der Waals surface area contributed by atoms with Gasteiger partial charge in [0.15, 0.2) is 18.7 Å². The Bertz CT molecular complexity index is 1680. The van der Waals surface area contributed by atoms with E-state index in [2.05, 4.69) is 24.8 Å². The molecule has 9 nitrogen and oxygen atoms in total. The van der Waals surface area contributed by atoms with Crippen LogP contribution in [0.4, 0.5) is 23.0 Å². The maximum Gasteiger partial charge on any atom is 0.318 e. The summed E-state index contributed by atoms with van der Waals surface area (Å²) in [5.41, 5.74) is 1.90. The summed E-state index contributed by atoms with van der Waals surface area (Å²) in [6.07, 6.45) is 0. The molecule has 10 heteroatoms. The number of benzene rings is 4. The first-order valence-electron chi connectivity index (χ1n) is 10.6. The highest BCUT2D eigenvalue weighted by Crippen LogP contribution is 2.31. The van der Waals surface area contributed by atoms with Crippen molar-refractivity contribution in [2.24, 2.45) is 0 Å². The third kappa shape index (κ3) is 4.46. The summed E-state index contributed by atoms with van der Waals surface area (Å²) in [7, 11) is -2.92. The maximum atomic E-state index is 13.2. The molecule has 5 rings (SSSR count). The van der Waals surface area contributed by atoms with Gasteiger partial charge in [0, 0.05) is 23.2 Å². The highest BCUT2D eigenvalue weighted by molar-refractivity contribution is 7.92. The average molecular weight is 487 g/mol. The van der Waals surface area contributed by atoms with Crippen LogP contribution in [0.1, 0.15) is 0 Å². The normalized spacial score (nSPS) is 11.3. The van der Waals surface area contributed by atoms with Crippen molar-refractivity contribution in [3.8, 4) is 0 Å². The molecule has 0 atom stereocenters. The highest BCUT2D eigenvalue weighted by atomic mass is 32.2. The lowest BCUT2D eigenvalue weighted by Crippen LogP contribution is -2.16. The summed E-state index contributed by atoms with van der Waals surface area (Å²) in [5, 5.41) is 5.21. The van der Waals surface area contributed by atoms with Crippen LogP contribution in [-0.4, -0.2) is 30.4 Å². The topological polar surface area (TPSA) is 113 Å². The lowest BCUT2D eigenvalue weighted by molar-refractivity contribution is -0.736. The lowest BCUT2D eigenvalue weighted by Gasteiger charge is -2.15. The van der Waals surface area contributed by atoms with Crippen LogP contribution < -0.4 is 10.0 Å². The number of para-hydroxylation sites is 2. The van der Waals surface area contributed by atoms with Crippen molar-refractivity contribution in [2.45, 2.75) is 4.90 Å². The van der Waals surface area contributed by atoms with E-state index >= 15 is 0 Å². The number of nitrogens with one attached hydrogen (secondary N) is 2. The molecule has 0 spiro atoms. The predicted octanol–water partition coefficient (Wildman–Crippen LogP) is 5.30. The van der Waals surface area contributed by atoms with Gasteiger partial charge in [0.2, 0.25) is 0 Å². The van der Waals surface area contributed by atoms with E-state index in [0.29, 0.717) is 11.0 Å². The molecular weight excluding hydrogens is 466 g/mol. The van der Waals surface area contributed by atoms with Gasteiger partial charge in [-0.2, -0.15) is 0 Å². The standard InChI is InChI=1S/C25H20N5O4S/c1-34-30(31)18-10-7-11-19(16-18)35(32,33)29-25-24(27-22-13-4-5-14-23(22)28-25)26-21-15-6-9-17-8-2-3-12-20(17)21/h2-16H,1H3,(H,26,27)(H,28,29)/q+1. The van der Waals surface area contributed by atoms with E-state index in [0.717, 1.165) is 16.5 Å². The van der Waals surface area contributed by atoms with Crippen molar-refractivity contribution in [3.05, 3.63) is 95.9 Å². The van der Waals surface area contributed by atoms with E-state index in [-0.39, 0.29) is 27.1 Å². The molecule has 0 unspecified atom stereocenters. The Balaban J connectivity index is 1.59. The maximum absolute atomic E-state index is 13.2. The number of fused-ring (bicyclic) bond motifs is 2. The number of hydrogen-bond donors (Lipinski definition) is 2. The second kappa shape index (κ2) is 8.99. The molecule has 0 bridgehead atoms. The Morgan fingerprint density at radius 3 is 2.23 bits per heavy atom. The van der Waals surface area contributed by atoms with Crippen molar-refractivity contribution in [3.63, 3.8) is 0 Å². The Kier molecular flexibility index (Phi) is 5.71. The highest BCUT2D eigenvalue weighted by Gasteiger charge is 2.23. The molecule has 0 aliphatic heterocycles. The van der Waals surface area contributed by atoms with Crippen molar-refractivity contribution in [1.29, 1.82) is 0 Å². The second-order valence-corrected chi connectivity index (χ2v) is 9.29. The van der Waals surface area contributed by atoms with E-state index < -0.39 is 10.0 Å². The molecule has 5 aromatic rings. The molecular formula is C25H20N5O4S+. The van der Waals surface area contributed by atoms with Crippen LogP contribution in [0.25, 0.3) is 21.8 Å².